The van der Waals surface area contributed by atoms with E-state index in [2.05, 4.69) is 5.32 Å². The number of hydrogen-bond donors (Lipinski definition) is 2. The normalized spacial score (nSPS) is 17.7. The number of nitrogens with one attached hydrogen (secondary N) is 1. The number of rotatable bonds is 4. The van der Waals surface area contributed by atoms with Crippen molar-refractivity contribution in [3.63, 3.8) is 0 Å². The number of anilines is 2. The van der Waals surface area contributed by atoms with E-state index in [1.165, 1.54) is 23.1 Å². The molecule has 2 N–H and O–H groups in total. The van der Waals surface area contributed by atoms with Crippen molar-refractivity contribution >= 4 is 23.2 Å². The maximum absolute atomic E-state index is 13.8. The van der Waals surface area contributed by atoms with Crippen molar-refractivity contribution in [2.45, 2.75) is 19.4 Å². The molecule has 30 heavy (non-hydrogen) atoms. The van der Waals surface area contributed by atoms with Crippen LogP contribution in [0.3, 0.4) is 0 Å². The molecule has 1 heterocycles. The standard InChI is InChI=1S/C24H21FN2O3/c1-15-10-11-16(2)20(12-15)26-22(28)14-27-21-9-4-3-8-19(21)24(30,23(27)29)17-6-5-7-18(25)13-17/h3-13,30H,14H2,1-2H3,(H,26,28)/t24-/m0/s1. The predicted molar refractivity (Wildman–Crippen MR) is 113 cm³/mol. The summed E-state index contributed by atoms with van der Waals surface area (Å²) in [5.41, 5.74) is 1.37. The van der Waals surface area contributed by atoms with Crippen molar-refractivity contribution in [2.24, 2.45) is 0 Å². The van der Waals surface area contributed by atoms with E-state index >= 15 is 0 Å². The number of fused-ring (bicyclic) bond motifs is 1. The number of amides is 2. The van der Waals surface area contributed by atoms with Gasteiger partial charge < -0.3 is 10.4 Å². The molecule has 0 aliphatic carbocycles. The lowest BCUT2D eigenvalue weighted by Gasteiger charge is -2.23. The first-order chi connectivity index (χ1) is 14.3. The Labute approximate surface area is 173 Å². The van der Waals surface area contributed by atoms with Gasteiger partial charge in [-0.25, -0.2) is 4.39 Å². The Morgan fingerprint density at radius 1 is 1.07 bits per heavy atom. The molecule has 1 atom stereocenters. The fraction of sp³-hybridized carbons (Fsp3) is 0.167. The van der Waals surface area contributed by atoms with E-state index in [-0.39, 0.29) is 12.1 Å². The molecular formula is C24H21FN2O3. The van der Waals surface area contributed by atoms with Gasteiger partial charge in [0.1, 0.15) is 12.4 Å². The molecular weight excluding hydrogens is 383 g/mol. The average molecular weight is 404 g/mol. The molecule has 0 radical (unpaired) electrons. The minimum Gasteiger partial charge on any atom is -0.372 e. The van der Waals surface area contributed by atoms with Crippen LogP contribution in [0, 0.1) is 19.7 Å². The van der Waals surface area contributed by atoms with Gasteiger partial charge >= 0.3 is 0 Å². The smallest absolute Gasteiger partial charge is 0.268 e. The van der Waals surface area contributed by atoms with E-state index in [9.17, 15) is 19.1 Å². The maximum atomic E-state index is 13.8. The summed E-state index contributed by atoms with van der Waals surface area (Å²) in [5, 5.41) is 14.2. The van der Waals surface area contributed by atoms with Gasteiger partial charge in [0.25, 0.3) is 5.91 Å². The quantitative estimate of drug-likeness (QED) is 0.697. The molecule has 0 saturated carbocycles. The molecule has 2 amide bonds. The summed E-state index contributed by atoms with van der Waals surface area (Å²) >= 11 is 0. The molecule has 6 heteroatoms. The zero-order valence-corrected chi connectivity index (χ0v) is 16.6. The van der Waals surface area contributed by atoms with E-state index in [0.717, 1.165) is 17.2 Å². The van der Waals surface area contributed by atoms with Gasteiger partial charge in [-0.1, -0.05) is 42.5 Å². The monoisotopic (exact) mass is 404 g/mol. The van der Waals surface area contributed by atoms with Gasteiger partial charge in [-0.2, -0.15) is 0 Å². The number of aryl methyl sites for hydroxylation is 2. The third kappa shape index (κ3) is 3.25. The van der Waals surface area contributed by atoms with Crippen LogP contribution in [-0.4, -0.2) is 23.5 Å². The van der Waals surface area contributed by atoms with Crippen molar-refractivity contribution in [1.82, 2.24) is 0 Å². The summed E-state index contributed by atoms with van der Waals surface area (Å²) in [4.78, 5) is 27.3. The van der Waals surface area contributed by atoms with E-state index in [0.29, 0.717) is 16.9 Å². The lowest BCUT2D eigenvalue weighted by Crippen LogP contribution is -2.44. The third-order valence-electron chi connectivity index (χ3n) is 5.35. The van der Waals surface area contributed by atoms with Crippen LogP contribution in [0.5, 0.6) is 0 Å². The molecule has 4 rings (SSSR count). The van der Waals surface area contributed by atoms with E-state index < -0.39 is 23.2 Å². The van der Waals surface area contributed by atoms with Crippen molar-refractivity contribution in [1.29, 1.82) is 0 Å². The highest BCUT2D eigenvalue weighted by Crippen LogP contribution is 2.44. The van der Waals surface area contributed by atoms with Crippen molar-refractivity contribution in [3.8, 4) is 0 Å². The van der Waals surface area contributed by atoms with Gasteiger partial charge in [-0.3, -0.25) is 14.5 Å². The summed E-state index contributed by atoms with van der Waals surface area (Å²) < 4.78 is 13.8. The Morgan fingerprint density at radius 2 is 1.83 bits per heavy atom. The SMILES string of the molecule is Cc1ccc(C)c(NC(=O)CN2C(=O)[C@](O)(c3cccc(F)c3)c3ccccc32)c1. The first kappa shape index (κ1) is 19.8. The van der Waals surface area contributed by atoms with Gasteiger partial charge in [0.05, 0.1) is 5.69 Å². The molecule has 0 saturated heterocycles. The minimum absolute atomic E-state index is 0.123. The second kappa shape index (κ2) is 7.39. The average Bonchev–Trinajstić information content (AvgIpc) is 2.94. The van der Waals surface area contributed by atoms with Crippen LogP contribution in [0.2, 0.25) is 0 Å². The zero-order valence-electron chi connectivity index (χ0n) is 16.6. The number of aliphatic hydroxyl groups is 1. The summed E-state index contributed by atoms with van der Waals surface area (Å²) in [5.74, 6) is -1.64. The zero-order chi connectivity index (χ0) is 21.5. The van der Waals surface area contributed by atoms with E-state index in [1.807, 2.05) is 32.0 Å². The van der Waals surface area contributed by atoms with Gasteiger partial charge in [-0.05, 0) is 49.2 Å². The highest BCUT2D eigenvalue weighted by molar-refractivity contribution is 6.12. The van der Waals surface area contributed by atoms with Gasteiger partial charge in [0.2, 0.25) is 5.91 Å². The number of carbonyl (C=O) groups excluding carboxylic acids is 2. The van der Waals surface area contributed by atoms with Gasteiger partial charge in [0, 0.05) is 16.8 Å². The van der Waals surface area contributed by atoms with Crippen LogP contribution < -0.4 is 10.2 Å². The van der Waals surface area contributed by atoms with Crippen molar-refractivity contribution < 1.29 is 19.1 Å². The van der Waals surface area contributed by atoms with Crippen LogP contribution in [-0.2, 0) is 15.2 Å². The molecule has 152 valence electrons. The van der Waals surface area contributed by atoms with Crippen LogP contribution in [0.25, 0.3) is 0 Å². The molecule has 3 aromatic carbocycles. The van der Waals surface area contributed by atoms with Crippen LogP contribution >= 0.6 is 0 Å². The number of benzene rings is 3. The first-order valence-corrected chi connectivity index (χ1v) is 9.57. The summed E-state index contributed by atoms with van der Waals surface area (Å²) in [7, 11) is 0. The molecule has 5 nitrogen and oxygen atoms in total. The summed E-state index contributed by atoms with van der Waals surface area (Å²) in [6.07, 6.45) is 0. The number of carbonyl (C=O) groups is 2. The Kier molecular flexibility index (Phi) is 4.87. The Hall–Kier alpha value is -3.51. The second-order valence-corrected chi connectivity index (χ2v) is 7.50. The molecule has 0 aromatic heterocycles. The predicted octanol–water partition coefficient (Wildman–Crippen LogP) is 3.66. The molecule has 0 fully saturated rings. The second-order valence-electron chi connectivity index (χ2n) is 7.50. The van der Waals surface area contributed by atoms with E-state index in [4.69, 9.17) is 0 Å². The fourth-order valence-corrected chi connectivity index (χ4v) is 3.79. The van der Waals surface area contributed by atoms with Crippen molar-refractivity contribution in [3.05, 3.63) is 94.8 Å². The molecule has 1 aliphatic rings. The summed E-state index contributed by atoms with van der Waals surface area (Å²) in [6, 6.07) is 17.7. The summed E-state index contributed by atoms with van der Waals surface area (Å²) in [6.45, 7) is 3.53. The number of hydrogen-bond acceptors (Lipinski definition) is 3. The topological polar surface area (TPSA) is 69.6 Å². The Balaban J connectivity index is 1.67. The molecule has 1 aliphatic heterocycles. The maximum Gasteiger partial charge on any atom is 0.268 e. The van der Waals surface area contributed by atoms with Crippen LogP contribution in [0.15, 0.2) is 66.7 Å². The Bertz CT molecular complexity index is 1160. The number of halogens is 1. The van der Waals surface area contributed by atoms with Gasteiger partial charge in [0.15, 0.2) is 5.60 Å². The molecule has 0 bridgehead atoms. The largest absolute Gasteiger partial charge is 0.372 e. The van der Waals surface area contributed by atoms with E-state index in [1.54, 1.807) is 24.3 Å². The lowest BCUT2D eigenvalue weighted by molar-refractivity contribution is -0.133. The van der Waals surface area contributed by atoms with Crippen molar-refractivity contribution in [2.75, 3.05) is 16.8 Å². The van der Waals surface area contributed by atoms with Gasteiger partial charge in [-0.15, -0.1) is 0 Å². The highest BCUT2D eigenvalue weighted by atomic mass is 19.1. The molecule has 0 spiro atoms. The number of para-hydroxylation sites is 1. The number of nitrogens with zero attached hydrogens (tertiary/aromatic N) is 1. The van der Waals surface area contributed by atoms with Crippen LogP contribution in [0.4, 0.5) is 15.8 Å². The fourth-order valence-electron chi connectivity index (χ4n) is 3.79. The molecule has 0 unspecified atom stereocenters. The third-order valence-corrected chi connectivity index (χ3v) is 5.35. The molecule has 3 aromatic rings. The lowest BCUT2D eigenvalue weighted by atomic mass is 9.87. The first-order valence-electron chi connectivity index (χ1n) is 9.57. The minimum atomic E-state index is -2.06. The highest BCUT2D eigenvalue weighted by Gasteiger charge is 2.51. The van der Waals surface area contributed by atoms with Crippen LogP contribution in [0.1, 0.15) is 22.3 Å². The Morgan fingerprint density at radius 3 is 2.60 bits per heavy atom.